The van der Waals surface area contributed by atoms with Crippen LogP contribution < -0.4 is 0 Å². The molecule has 20 heavy (non-hydrogen) atoms. The second kappa shape index (κ2) is 7.34. The standard InChI is InChI=1S/C15H20ClNO2S/c1-11-9-17(10-12(2)19-11)15(18)7-8-20-14-5-3-13(16)4-6-14/h3-6,11-12H,7-10H2,1-2H3. The number of rotatable bonds is 4. The SMILES string of the molecule is CC1CN(C(=O)CCSc2ccc(Cl)cc2)CC(C)O1. The normalized spacial score (nSPS) is 22.9. The predicted octanol–water partition coefficient (Wildman–Crippen LogP) is 3.46. The van der Waals surface area contributed by atoms with Crippen LogP contribution in [0.2, 0.25) is 5.02 Å². The first-order valence-electron chi connectivity index (χ1n) is 6.86. The van der Waals surface area contributed by atoms with Gasteiger partial charge in [0.25, 0.3) is 0 Å². The Kier molecular flexibility index (Phi) is 5.75. The van der Waals surface area contributed by atoms with Gasteiger partial charge in [0.1, 0.15) is 0 Å². The Bertz CT molecular complexity index is 442. The zero-order valence-corrected chi connectivity index (χ0v) is 13.4. The summed E-state index contributed by atoms with van der Waals surface area (Å²) in [5.41, 5.74) is 0. The maximum Gasteiger partial charge on any atom is 0.223 e. The lowest BCUT2D eigenvalue weighted by molar-refractivity contribution is -0.142. The number of thioether (sulfide) groups is 1. The van der Waals surface area contributed by atoms with Crippen LogP contribution in [0, 0.1) is 0 Å². The number of benzene rings is 1. The zero-order valence-electron chi connectivity index (χ0n) is 11.8. The van der Waals surface area contributed by atoms with Crippen LogP contribution in [0.1, 0.15) is 20.3 Å². The summed E-state index contributed by atoms with van der Waals surface area (Å²) in [6.07, 6.45) is 0.824. The number of nitrogens with zero attached hydrogens (tertiary/aromatic N) is 1. The maximum absolute atomic E-state index is 12.2. The minimum Gasteiger partial charge on any atom is -0.372 e. The van der Waals surface area contributed by atoms with E-state index >= 15 is 0 Å². The van der Waals surface area contributed by atoms with Crippen molar-refractivity contribution in [2.45, 2.75) is 37.4 Å². The van der Waals surface area contributed by atoms with Crippen molar-refractivity contribution in [2.75, 3.05) is 18.8 Å². The molecule has 0 bridgehead atoms. The van der Waals surface area contributed by atoms with Crippen molar-refractivity contribution in [1.29, 1.82) is 0 Å². The topological polar surface area (TPSA) is 29.5 Å². The van der Waals surface area contributed by atoms with Gasteiger partial charge in [-0.05, 0) is 38.1 Å². The molecule has 1 aromatic carbocycles. The van der Waals surface area contributed by atoms with Gasteiger partial charge in [0.15, 0.2) is 0 Å². The van der Waals surface area contributed by atoms with Crippen molar-refractivity contribution in [2.24, 2.45) is 0 Å². The van der Waals surface area contributed by atoms with Crippen LogP contribution >= 0.6 is 23.4 Å². The van der Waals surface area contributed by atoms with E-state index in [1.54, 1.807) is 11.8 Å². The van der Waals surface area contributed by atoms with Crippen LogP contribution in [-0.2, 0) is 9.53 Å². The first kappa shape index (κ1) is 15.7. The third kappa shape index (κ3) is 4.69. The van der Waals surface area contributed by atoms with E-state index in [1.165, 1.54) is 0 Å². The molecule has 1 aromatic rings. The molecule has 2 atom stereocenters. The molecule has 1 fully saturated rings. The molecule has 0 radical (unpaired) electrons. The van der Waals surface area contributed by atoms with Crippen molar-refractivity contribution in [1.82, 2.24) is 4.90 Å². The van der Waals surface area contributed by atoms with Gasteiger partial charge in [0.05, 0.1) is 12.2 Å². The van der Waals surface area contributed by atoms with E-state index in [0.29, 0.717) is 19.5 Å². The fraction of sp³-hybridized carbons (Fsp3) is 0.533. The van der Waals surface area contributed by atoms with Gasteiger partial charge in [0, 0.05) is 35.2 Å². The van der Waals surface area contributed by atoms with Gasteiger partial charge in [-0.25, -0.2) is 0 Å². The lowest BCUT2D eigenvalue weighted by Crippen LogP contribution is -2.48. The van der Waals surface area contributed by atoms with Crippen LogP contribution in [0.15, 0.2) is 29.2 Å². The highest BCUT2D eigenvalue weighted by atomic mass is 35.5. The Morgan fingerprint density at radius 1 is 1.30 bits per heavy atom. The molecule has 3 nitrogen and oxygen atoms in total. The third-order valence-electron chi connectivity index (χ3n) is 3.17. The molecular formula is C15H20ClNO2S. The second-order valence-corrected chi connectivity index (χ2v) is 6.71. The molecule has 0 aliphatic carbocycles. The summed E-state index contributed by atoms with van der Waals surface area (Å²) in [7, 11) is 0. The molecule has 1 amide bonds. The number of halogens is 1. The van der Waals surface area contributed by atoms with Crippen molar-refractivity contribution in [3.05, 3.63) is 29.3 Å². The van der Waals surface area contributed by atoms with E-state index in [1.807, 2.05) is 43.0 Å². The average molecular weight is 314 g/mol. The van der Waals surface area contributed by atoms with E-state index in [-0.39, 0.29) is 18.1 Å². The minimum absolute atomic E-state index is 0.131. The Morgan fingerprint density at radius 2 is 1.90 bits per heavy atom. The second-order valence-electron chi connectivity index (χ2n) is 5.11. The summed E-state index contributed by atoms with van der Waals surface area (Å²) in [6, 6.07) is 7.71. The largest absolute Gasteiger partial charge is 0.372 e. The number of carbonyl (C=O) groups is 1. The zero-order chi connectivity index (χ0) is 14.5. The summed E-state index contributed by atoms with van der Waals surface area (Å²) in [4.78, 5) is 15.2. The van der Waals surface area contributed by atoms with Crippen molar-refractivity contribution in [3.8, 4) is 0 Å². The number of morpholine rings is 1. The summed E-state index contributed by atoms with van der Waals surface area (Å²) >= 11 is 7.53. The average Bonchev–Trinajstić information content (AvgIpc) is 2.40. The van der Waals surface area contributed by atoms with E-state index in [4.69, 9.17) is 16.3 Å². The molecule has 0 aromatic heterocycles. The van der Waals surface area contributed by atoms with Crippen molar-refractivity contribution < 1.29 is 9.53 Å². The molecule has 2 unspecified atom stereocenters. The highest BCUT2D eigenvalue weighted by molar-refractivity contribution is 7.99. The fourth-order valence-corrected chi connectivity index (χ4v) is 3.29. The Morgan fingerprint density at radius 3 is 2.50 bits per heavy atom. The maximum atomic E-state index is 12.2. The van der Waals surface area contributed by atoms with E-state index < -0.39 is 0 Å². The van der Waals surface area contributed by atoms with Gasteiger partial charge in [-0.1, -0.05) is 11.6 Å². The van der Waals surface area contributed by atoms with Crippen LogP contribution in [-0.4, -0.2) is 41.9 Å². The first-order chi connectivity index (χ1) is 9.54. The van der Waals surface area contributed by atoms with Crippen molar-refractivity contribution >= 4 is 29.3 Å². The van der Waals surface area contributed by atoms with Gasteiger partial charge in [-0.2, -0.15) is 0 Å². The minimum atomic E-state index is 0.131. The van der Waals surface area contributed by atoms with Crippen LogP contribution in [0.3, 0.4) is 0 Å². The van der Waals surface area contributed by atoms with E-state index in [0.717, 1.165) is 15.7 Å². The van der Waals surface area contributed by atoms with Gasteiger partial charge < -0.3 is 9.64 Å². The molecule has 0 spiro atoms. The lowest BCUT2D eigenvalue weighted by atomic mass is 10.2. The van der Waals surface area contributed by atoms with Gasteiger partial charge >= 0.3 is 0 Å². The van der Waals surface area contributed by atoms with Gasteiger partial charge in [-0.3, -0.25) is 4.79 Å². The van der Waals surface area contributed by atoms with Crippen molar-refractivity contribution in [3.63, 3.8) is 0 Å². The molecular weight excluding hydrogens is 294 g/mol. The third-order valence-corrected chi connectivity index (χ3v) is 4.44. The molecule has 2 rings (SSSR count). The summed E-state index contributed by atoms with van der Waals surface area (Å²) in [5, 5.41) is 0.738. The molecule has 1 aliphatic rings. The number of amides is 1. The monoisotopic (exact) mass is 313 g/mol. The number of hydrogen-bond donors (Lipinski definition) is 0. The Hall–Kier alpha value is -0.710. The lowest BCUT2D eigenvalue weighted by Gasteiger charge is -2.35. The molecule has 0 saturated carbocycles. The van der Waals surface area contributed by atoms with Crippen LogP contribution in [0.5, 0.6) is 0 Å². The first-order valence-corrected chi connectivity index (χ1v) is 8.22. The number of ether oxygens (including phenoxy) is 1. The Labute approximate surface area is 129 Å². The summed E-state index contributed by atoms with van der Waals surface area (Å²) in [5.74, 6) is 1.01. The summed E-state index contributed by atoms with van der Waals surface area (Å²) < 4.78 is 5.64. The molecule has 110 valence electrons. The molecule has 5 heteroatoms. The van der Waals surface area contributed by atoms with Crippen LogP contribution in [0.25, 0.3) is 0 Å². The van der Waals surface area contributed by atoms with Gasteiger partial charge in [-0.15, -0.1) is 11.8 Å². The molecule has 1 heterocycles. The molecule has 0 N–H and O–H groups in total. The summed E-state index contributed by atoms with van der Waals surface area (Å²) in [6.45, 7) is 5.43. The highest BCUT2D eigenvalue weighted by Gasteiger charge is 2.25. The van der Waals surface area contributed by atoms with Gasteiger partial charge in [0.2, 0.25) is 5.91 Å². The fourth-order valence-electron chi connectivity index (χ4n) is 2.33. The highest BCUT2D eigenvalue weighted by Crippen LogP contribution is 2.21. The smallest absolute Gasteiger partial charge is 0.223 e. The van der Waals surface area contributed by atoms with Crippen LogP contribution in [0.4, 0.5) is 0 Å². The Balaban J connectivity index is 1.76. The van der Waals surface area contributed by atoms with E-state index in [9.17, 15) is 4.79 Å². The number of carbonyl (C=O) groups excluding carboxylic acids is 1. The predicted molar refractivity (Wildman–Crippen MR) is 83.4 cm³/mol. The van der Waals surface area contributed by atoms with E-state index in [2.05, 4.69) is 0 Å². The molecule has 1 saturated heterocycles. The molecule has 1 aliphatic heterocycles. The quantitative estimate of drug-likeness (QED) is 0.797. The number of hydrogen-bond acceptors (Lipinski definition) is 3.